The molecule has 0 aliphatic heterocycles. The van der Waals surface area contributed by atoms with Gasteiger partial charge in [-0.2, -0.15) is 4.99 Å². The zero-order valence-electron chi connectivity index (χ0n) is 21.7. The first kappa shape index (κ1) is 31.7. The van der Waals surface area contributed by atoms with Crippen LogP contribution in [0.2, 0.25) is 0 Å². The van der Waals surface area contributed by atoms with Crippen molar-refractivity contribution >= 4 is 56.6 Å². The van der Waals surface area contributed by atoms with Gasteiger partial charge in [0.2, 0.25) is 0 Å². The van der Waals surface area contributed by atoms with E-state index in [9.17, 15) is 18.0 Å². The van der Waals surface area contributed by atoms with Gasteiger partial charge >= 0.3 is 18.3 Å². The third-order valence-corrected chi connectivity index (χ3v) is 7.13. The van der Waals surface area contributed by atoms with E-state index in [1.165, 1.54) is 17.6 Å². The lowest BCUT2D eigenvalue weighted by Gasteiger charge is -2.06. The number of rotatable bonds is 10. The van der Waals surface area contributed by atoms with E-state index in [0.717, 1.165) is 28.0 Å². The minimum atomic E-state index is -3.28. The molecule has 3 rings (SSSR count). The molecule has 214 valence electrons. The minimum Gasteiger partial charge on any atom is -0.465 e. The molecule has 3 amide bonds. The van der Waals surface area contributed by atoms with E-state index in [1.54, 1.807) is 31.2 Å². The van der Waals surface area contributed by atoms with Crippen LogP contribution in [0.3, 0.4) is 0 Å². The largest absolute Gasteiger partial charge is 0.465 e. The fourth-order valence-electron chi connectivity index (χ4n) is 3.26. The van der Waals surface area contributed by atoms with Crippen LogP contribution < -0.4 is 16.4 Å². The molecule has 2 aromatic carbocycles. The van der Waals surface area contributed by atoms with Gasteiger partial charge in [0.1, 0.15) is 0 Å². The van der Waals surface area contributed by atoms with Gasteiger partial charge in [-0.05, 0) is 55.2 Å². The van der Waals surface area contributed by atoms with Gasteiger partial charge in [-0.25, -0.2) is 27.8 Å². The Morgan fingerprint density at radius 2 is 1.65 bits per heavy atom. The third kappa shape index (κ3) is 11.5. The van der Waals surface area contributed by atoms with Crippen molar-refractivity contribution in [2.24, 2.45) is 10.7 Å². The van der Waals surface area contributed by atoms with Crippen LogP contribution in [0.5, 0.6) is 0 Å². The van der Waals surface area contributed by atoms with Crippen molar-refractivity contribution in [2.75, 3.05) is 23.5 Å². The van der Waals surface area contributed by atoms with E-state index < -0.39 is 28.1 Å². The van der Waals surface area contributed by atoms with Crippen LogP contribution in [0.4, 0.5) is 25.2 Å². The lowest BCUT2D eigenvalue weighted by molar-refractivity contribution is 0.168. The normalized spacial score (nSPS) is 10.8. The van der Waals surface area contributed by atoms with Gasteiger partial charge in [0.15, 0.2) is 15.0 Å². The number of hydrogen-bond donors (Lipinski definition) is 5. The molecule has 0 atom stereocenters. The SMILES string of the molecule is CCOC(=O)Nc1nc(CCc2ccc(NC=NC(=O)O)cc2)c(Cc2ccc(S(C)(=O)=O)cc2)s1.NC(=O)O. The first-order chi connectivity index (χ1) is 18.9. The highest BCUT2D eigenvalue weighted by Crippen LogP contribution is 2.28. The van der Waals surface area contributed by atoms with Crippen molar-refractivity contribution in [3.05, 3.63) is 70.2 Å². The smallest absolute Gasteiger partial charge is 0.432 e. The van der Waals surface area contributed by atoms with E-state index in [2.05, 4.69) is 26.3 Å². The lowest BCUT2D eigenvalue weighted by Crippen LogP contribution is -2.13. The number of primary amides is 1. The number of hydrogen-bond acceptors (Lipinski definition) is 8. The number of aryl methyl sites for hydroxylation is 2. The summed E-state index contributed by atoms with van der Waals surface area (Å²) < 4.78 is 28.4. The Balaban J connectivity index is 0.00000131. The quantitative estimate of drug-likeness (QED) is 0.167. The predicted molar refractivity (Wildman–Crippen MR) is 151 cm³/mol. The highest BCUT2D eigenvalue weighted by Gasteiger charge is 2.15. The first-order valence-corrected chi connectivity index (χ1v) is 14.4. The molecule has 1 heterocycles. The van der Waals surface area contributed by atoms with Crippen molar-refractivity contribution in [1.82, 2.24) is 4.98 Å². The molecule has 3 aromatic rings. The Kier molecular flexibility index (Phi) is 12.0. The molecule has 0 bridgehead atoms. The first-order valence-electron chi connectivity index (χ1n) is 11.7. The summed E-state index contributed by atoms with van der Waals surface area (Å²) in [7, 11) is -3.28. The molecule has 13 nitrogen and oxygen atoms in total. The second-order valence-electron chi connectivity index (χ2n) is 8.05. The maximum absolute atomic E-state index is 11.9. The fourth-order valence-corrected chi connectivity index (χ4v) is 4.92. The van der Waals surface area contributed by atoms with E-state index >= 15 is 0 Å². The zero-order chi connectivity index (χ0) is 29.7. The number of ether oxygens (including phenoxy) is 1. The van der Waals surface area contributed by atoms with Crippen LogP contribution in [0.1, 0.15) is 28.6 Å². The predicted octanol–water partition coefficient (Wildman–Crippen LogP) is 4.23. The summed E-state index contributed by atoms with van der Waals surface area (Å²) >= 11 is 1.35. The lowest BCUT2D eigenvalue weighted by atomic mass is 10.0. The highest BCUT2D eigenvalue weighted by atomic mass is 32.2. The summed E-state index contributed by atoms with van der Waals surface area (Å²) in [6, 6.07) is 14.2. The van der Waals surface area contributed by atoms with E-state index in [1.807, 2.05) is 24.3 Å². The average Bonchev–Trinajstić information content (AvgIpc) is 3.23. The van der Waals surface area contributed by atoms with Crippen LogP contribution in [-0.4, -0.2) is 61.1 Å². The highest BCUT2D eigenvalue weighted by molar-refractivity contribution is 7.90. The Morgan fingerprint density at radius 1 is 1.05 bits per heavy atom. The number of anilines is 2. The summed E-state index contributed by atoms with van der Waals surface area (Å²) in [4.78, 5) is 40.1. The van der Waals surface area contributed by atoms with Crippen LogP contribution in [0.15, 0.2) is 58.4 Å². The Morgan fingerprint density at radius 3 is 2.20 bits per heavy atom. The van der Waals surface area contributed by atoms with Crippen LogP contribution in [0.25, 0.3) is 0 Å². The number of nitrogens with one attached hydrogen (secondary N) is 2. The molecule has 0 aliphatic rings. The van der Waals surface area contributed by atoms with Gasteiger partial charge in [0.05, 0.1) is 23.5 Å². The number of thiazole rings is 1. The molecule has 1 aromatic heterocycles. The van der Waals surface area contributed by atoms with Gasteiger partial charge in [-0.1, -0.05) is 24.3 Å². The van der Waals surface area contributed by atoms with Gasteiger partial charge in [-0.3, -0.25) is 5.32 Å². The molecule has 0 aliphatic carbocycles. The van der Waals surface area contributed by atoms with Crippen molar-refractivity contribution in [1.29, 1.82) is 0 Å². The number of nitrogens with zero attached hydrogens (tertiary/aromatic N) is 2. The van der Waals surface area contributed by atoms with Crippen LogP contribution in [-0.2, 0) is 33.8 Å². The summed E-state index contributed by atoms with van der Waals surface area (Å²) in [5.74, 6) is 0. The molecule has 0 radical (unpaired) electrons. The van der Waals surface area contributed by atoms with Crippen LogP contribution >= 0.6 is 11.3 Å². The Labute approximate surface area is 234 Å². The number of carbonyl (C=O) groups is 3. The topological polar surface area (TPSA) is 210 Å². The molecule has 0 unspecified atom stereocenters. The molecule has 0 spiro atoms. The second kappa shape index (κ2) is 15.2. The zero-order valence-corrected chi connectivity index (χ0v) is 23.3. The maximum atomic E-state index is 11.9. The van der Waals surface area contributed by atoms with Gasteiger partial charge in [-0.15, -0.1) is 11.3 Å². The van der Waals surface area contributed by atoms with E-state index in [4.69, 9.17) is 19.7 Å². The molecular weight excluding hydrogens is 562 g/mol. The third-order valence-electron chi connectivity index (χ3n) is 4.99. The summed E-state index contributed by atoms with van der Waals surface area (Å²) in [5.41, 5.74) is 7.53. The van der Waals surface area contributed by atoms with Crippen molar-refractivity contribution in [3.8, 4) is 0 Å². The summed E-state index contributed by atoms with van der Waals surface area (Å²) in [6.45, 7) is 1.97. The molecule has 0 saturated carbocycles. The Bertz CT molecular complexity index is 1430. The fraction of sp³-hybridized carbons (Fsp3) is 0.240. The van der Waals surface area contributed by atoms with Crippen molar-refractivity contribution in [2.45, 2.75) is 31.1 Å². The Hall–Kier alpha value is -4.50. The number of nitrogens with two attached hydrogens (primary N) is 1. The van der Waals surface area contributed by atoms with Crippen molar-refractivity contribution < 1.29 is 37.8 Å². The van der Waals surface area contributed by atoms with E-state index in [0.29, 0.717) is 30.1 Å². The number of benzene rings is 2. The van der Waals surface area contributed by atoms with E-state index in [-0.39, 0.29) is 11.5 Å². The van der Waals surface area contributed by atoms with Gasteiger partial charge < -0.3 is 26.0 Å². The molecule has 0 fully saturated rings. The summed E-state index contributed by atoms with van der Waals surface area (Å²) in [6.07, 6.45) is 0.935. The number of carboxylic acid groups (broad SMARTS) is 2. The van der Waals surface area contributed by atoms with Crippen molar-refractivity contribution in [3.63, 3.8) is 0 Å². The summed E-state index contributed by atoms with van der Waals surface area (Å²) in [5, 5.41) is 21.6. The molecular formula is C25H29N5O8S2. The number of amides is 3. The number of sulfone groups is 1. The number of aliphatic imine (C=N–C) groups is 1. The number of carbonyl (C=O) groups excluding carboxylic acids is 1. The average molecular weight is 592 g/mol. The van der Waals surface area contributed by atoms with Gasteiger partial charge in [0.25, 0.3) is 0 Å². The molecule has 0 saturated heterocycles. The standard InChI is InChI=1S/C24H26N4O6S2.CH3NO2/c1-3-34-24(31)28-22-27-20(13-8-16-4-9-18(10-5-16)25-15-26-23(29)30)21(35-22)14-17-6-11-19(12-7-17)36(2,32)33;2-1(3)4/h4-7,9-12,15H,3,8,13-14H2,1-2H3,(H,25,26)(H,29,30)(H,27,28,31);2H2,(H,3,4). The monoisotopic (exact) mass is 591 g/mol. The molecule has 6 N–H and O–H groups in total. The minimum absolute atomic E-state index is 0.247. The molecule has 15 heteroatoms. The maximum Gasteiger partial charge on any atom is 0.432 e. The molecule has 40 heavy (non-hydrogen) atoms. The van der Waals surface area contributed by atoms with Crippen LogP contribution in [0, 0.1) is 0 Å². The second-order valence-corrected chi connectivity index (χ2v) is 11.1. The number of aromatic nitrogens is 1. The van der Waals surface area contributed by atoms with Gasteiger partial charge in [0, 0.05) is 23.2 Å².